The van der Waals surface area contributed by atoms with E-state index in [4.69, 9.17) is 0 Å². The first-order valence-electron chi connectivity index (χ1n) is 8.18. The van der Waals surface area contributed by atoms with Crippen LogP contribution >= 0.6 is 0 Å². The molecule has 1 saturated heterocycles. The average molecular weight is 333 g/mol. The number of halogens is 1. The topological polar surface area (TPSA) is 52.7 Å². The van der Waals surface area contributed by atoms with Crippen molar-refractivity contribution in [3.05, 3.63) is 41.7 Å². The van der Waals surface area contributed by atoms with Crippen LogP contribution in [-0.4, -0.2) is 60.4 Å². The molecular weight excluding hydrogens is 309 g/mol. The Labute approximate surface area is 142 Å². The summed E-state index contributed by atoms with van der Waals surface area (Å²) in [7, 11) is 0. The number of hydrogen-bond acceptors (Lipinski definition) is 3. The van der Waals surface area contributed by atoms with E-state index in [0.717, 1.165) is 0 Å². The molecule has 0 spiro atoms. The Morgan fingerprint density at radius 1 is 1.25 bits per heavy atom. The fourth-order valence-electron chi connectivity index (χ4n) is 2.58. The molecule has 1 aromatic rings. The summed E-state index contributed by atoms with van der Waals surface area (Å²) in [6, 6.07) is 6.25. The van der Waals surface area contributed by atoms with Crippen molar-refractivity contribution >= 4 is 17.9 Å². The zero-order chi connectivity index (χ0) is 17.5. The monoisotopic (exact) mass is 333 g/mol. The van der Waals surface area contributed by atoms with Gasteiger partial charge >= 0.3 is 0 Å². The Morgan fingerprint density at radius 3 is 2.58 bits per heavy atom. The van der Waals surface area contributed by atoms with Crippen LogP contribution in [0.15, 0.2) is 30.3 Å². The fourth-order valence-corrected chi connectivity index (χ4v) is 2.58. The van der Waals surface area contributed by atoms with Crippen molar-refractivity contribution in [2.75, 3.05) is 32.7 Å². The Morgan fingerprint density at radius 2 is 1.96 bits per heavy atom. The third kappa shape index (κ3) is 5.77. The third-order valence-corrected chi connectivity index (χ3v) is 3.77. The second-order valence-corrected chi connectivity index (χ2v) is 6.21. The van der Waals surface area contributed by atoms with Crippen molar-refractivity contribution in [3.8, 4) is 0 Å². The van der Waals surface area contributed by atoms with E-state index >= 15 is 0 Å². The van der Waals surface area contributed by atoms with E-state index in [1.54, 1.807) is 23.1 Å². The van der Waals surface area contributed by atoms with Crippen LogP contribution in [0.4, 0.5) is 4.39 Å². The highest BCUT2D eigenvalue weighted by atomic mass is 19.1. The largest absolute Gasteiger partial charge is 0.353 e. The molecule has 24 heavy (non-hydrogen) atoms. The van der Waals surface area contributed by atoms with Crippen LogP contribution in [0.1, 0.15) is 19.4 Å². The molecule has 1 aliphatic rings. The molecular formula is C18H24FN3O2. The van der Waals surface area contributed by atoms with Gasteiger partial charge in [-0.2, -0.15) is 0 Å². The smallest absolute Gasteiger partial charge is 0.246 e. The average Bonchev–Trinajstić information content (AvgIpc) is 2.52. The van der Waals surface area contributed by atoms with E-state index < -0.39 is 0 Å². The van der Waals surface area contributed by atoms with Crippen molar-refractivity contribution in [2.45, 2.75) is 19.9 Å². The summed E-state index contributed by atoms with van der Waals surface area (Å²) in [6.45, 7) is 6.73. The standard InChI is InChI=1S/C18H24FN3O2/c1-14(2)20-17(23)13-21-8-10-22(11-9-21)18(24)7-6-15-4-3-5-16(19)12-15/h3-7,12,14H,8-11,13H2,1-2H3,(H,20,23)/b7-6+. The molecule has 1 N–H and O–H groups in total. The molecule has 0 aliphatic carbocycles. The summed E-state index contributed by atoms with van der Waals surface area (Å²) in [5.41, 5.74) is 0.660. The minimum Gasteiger partial charge on any atom is -0.353 e. The maximum atomic E-state index is 13.1. The van der Waals surface area contributed by atoms with Crippen LogP contribution < -0.4 is 5.32 Å². The number of carbonyl (C=O) groups excluding carboxylic acids is 2. The minimum absolute atomic E-state index is 0.00998. The number of rotatable bonds is 5. The lowest BCUT2D eigenvalue weighted by Crippen LogP contribution is -2.51. The summed E-state index contributed by atoms with van der Waals surface area (Å²) in [5.74, 6) is -0.404. The van der Waals surface area contributed by atoms with Crippen molar-refractivity contribution in [3.63, 3.8) is 0 Å². The highest BCUT2D eigenvalue weighted by molar-refractivity contribution is 5.91. The number of nitrogens with zero attached hydrogens (tertiary/aromatic N) is 2. The van der Waals surface area contributed by atoms with Crippen LogP contribution in [-0.2, 0) is 9.59 Å². The summed E-state index contributed by atoms with van der Waals surface area (Å²) < 4.78 is 13.1. The van der Waals surface area contributed by atoms with E-state index in [9.17, 15) is 14.0 Å². The molecule has 1 aliphatic heterocycles. The van der Waals surface area contributed by atoms with Gasteiger partial charge in [0.25, 0.3) is 0 Å². The lowest BCUT2D eigenvalue weighted by molar-refractivity contribution is -0.128. The first-order valence-corrected chi connectivity index (χ1v) is 8.18. The molecule has 2 rings (SSSR count). The van der Waals surface area contributed by atoms with Crippen LogP contribution in [0.2, 0.25) is 0 Å². The molecule has 1 aromatic carbocycles. The maximum absolute atomic E-state index is 13.1. The Bertz CT molecular complexity index is 608. The number of piperazine rings is 1. The van der Waals surface area contributed by atoms with Gasteiger partial charge in [0, 0.05) is 38.3 Å². The summed E-state index contributed by atoms with van der Waals surface area (Å²) in [4.78, 5) is 27.7. The number of carbonyl (C=O) groups is 2. The van der Waals surface area contributed by atoms with E-state index in [-0.39, 0.29) is 23.7 Å². The Hall–Kier alpha value is -2.21. The van der Waals surface area contributed by atoms with E-state index in [1.807, 2.05) is 18.7 Å². The molecule has 0 saturated carbocycles. The SMILES string of the molecule is CC(C)NC(=O)CN1CCN(C(=O)/C=C/c2cccc(F)c2)CC1. The van der Waals surface area contributed by atoms with Gasteiger partial charge in [-0.25, -0.2) is 4.39 Å². The molecule has 2 amide bonds. The molecule has 5 nitrogen and oxygen atoms in total. The minimum atomic E-state index is -0.321. The summed E-state index contributed by atoms with van der Waals surface area (Å²) in [5, 5.41) is 2.86. The van der Waals surface area contributed by atoms with Crippen molar-refractivity contribution in [2.24, 2.45) is 0 Å². The molecule has 6 heteroatoms. The highest BCUT2D eigenvalue weighted by Crippen LogP contribution is 2.07. The summed E-state index contributed by atoms with van der Waals surface area (Å²) >= 11 is 0. The van der Waals surface area contributed by atoms with Gasteiger partial charge in [0.15, 0.2) is 0 Å². The van der Waals surface area contributed by atoms with E-state index in [1.165, 1.54) is 18.2 Å². The molecule has 130 valence electrons. The van der Waals surface area contributed by atoms with Gasteiger partial charge in [-0.15, -0.1) is 0 Å². The van der Waals surface area contributed by atoms with E-state index in [0.29, 0.717) is 38.3 Å². The van der Waals surface area contributed by atoms with Crippen LogP contribution in [0.25, 0.3) is 6.08 Å². The molecule has 0 radical (unpaired) electrons. The third-order valence-electron chi connectivity index (χ3n) is 3.77. The molecule has 1 heterocycles. The lowest BCUT2D eigenvalue weighted by atomic mass is 10.2. The Kier molecular flexibility index (Phi) is 6.49. The lowest BCUT2D eigenvalue weighted by Gasteiger charge is -2.33. The Balaban J connectivity index is 1.79. The van der Waals surface area contributed by atoms with Crippen molar-refractivity contribution < 1.29 is 14.0 Å². The van der Waals surface area contributed by atoms with Gasteiger partial charge in [0.2, 0.25) is 11.8 Å². The second kappa shape index (κ2) is 8.59. The molecule has 0 aromatic heterocycles. The van der Waals surface area contributed by atoms with Crippen LogP contribution in [0, 0.1) is 5.82 Å². The zero-order valence-corrected chi connectivity index (χ0v) is 14.2. The van der Waals surface area contributed by atoms with Gasteiger partial charge in [-0.1, -0.05) is 12.1 Å². The van der Waals surface area contributed by atoms with Crippen molar-refractivity contribution in [1.82, 2.24) is 15.1 Å². The van der Waals surface area contributed by atoms with E-state index in [2.05, 4.69) is 5.32 Å². The number of amides is 2. The maximum Gasteiger partial charge on any atom is 0.246 e. The fraction of sp³-hybridized carbons (Fsp3) is 0.444. The second-order valence-electron chi connectivity index (χ2n) is 6.21. The van der Waals surface area contributed by atoms with Crippen LogP contribution in [0.3, 0.4) is 0 Å². The molecule has 0 bridgehead atoms. The predicted octanol–water partition coefficient (Wildman–Crippen LogP) is 1.51. The molecule has 0 atom stereocenters. The highest BCUT2D eigenvalue weighted by Gasteiger charge is 2.21. The number of nitrogens with one attached hydrogen (secondary N) is 1. The van der Waals surface area contributed by atoms with Gasteiger partial charge in [0.1, 0.15) is 5.82 Å². The van der Waals surface area contributed by atoms with Gasteiger partial charge in [0.05, 0.1) is 6.54 Å². The van der Waals surface area contributed by atoms with Gasteiger partial charge in [-0.05, 0) is 37.6 Å². The quantitative estimate of drug-likeness (QED) is 0.831. The van der Waals surface area contributed by atoms with Gasteiger partial charge < -0.3 is 10.2 Å². The first kappa shape index (κ1) is 18.1. The molecule has 0 unspecified atom stereocenters. The first-order chi connectivity index (χ1) is 11.4. The van der Waals surface area contributed by atoms with Gasteiger partial charge in [-0.3, -0.25) is 14.5 Å². The predicted molar refractivity (Wildman–Crippen MR) is 91.7 cm³/mol. The normalized spacial score (nSPS) is 15.9. The van der Waals surface area contributed by atoms with Crippen molar-refractivity contribution in [1.29, 1.82) is 0 Å². The molecule has 1 fully saturated rings. The zero-order valence-electron chi connectivity index (χ0n) is 14.2. The van der Waals surface area contributed by atoms with Crippen LogP contribution in [0.5, 0.6) is 0 Å². The number of benzene rings is 1. The number of hydrogen-bond donors (Lipinski definition) is 1. The summed E-state index contributed by atoms with van der Waals surface area (Å²) in [6.07, 6.45) is 3.09.